The molecular weight excluding hydrogens is 633 g/mol. The number of hydrogen-bond donors (Lipinski definition) is 5. The summed E-state index contributed by atoms with van der Waals surface area (Å²) < 4.78 is 5.50. The van der Waals surface area contributed by atoms with Crippen molar-refractivity contribution in [2.45, 2.75) is 91.0 Å². The second-order valence-electron chi connectivity index (χ2n) is 12.0. The van der Waals surface area contributed by atoms with Crippen LogP contribution in [0, 0.1) is 5.92 Å². The van der Waals surface area contributed by atoms with Gasteiger partial charge in [0.05, 0.1) is 5.88 Å². The summed E-state index contributed by atoms with van der Waals surface area (Å²) in [4.78, 5) is 59.4. The molecule has 5 N–H and O–H groups in total. The first-order valence-corrected chi connectivity index (χ1v) is 17.6. The van der Waals surface area contributed by atoms with Crippen molar-refractivity contribution >= 4 is 53.4 Å². The fourth-order valence-electron chi connectivity index (χ4n) is 4.67. The highest BCUT2D eigenvalue weighted by Crippen LogP contribution is 2.27. The van der Waals surface area contributed by atoms with Crippen LogP contribution in [0.25, 0.3) is 0 Å². The molecule has 3 rings (SSSR count). The molecule has 1 aromatic rings. The molecule has 0 radical (unpaired) electrons. The van der Waals surface area contributed by atoms with Crippen molar-refractivity contribution < 1.29 is 38.9 Å². The van der Waals surface area contributed by atoms with E-state index in [9.17, 15) is 24.0 Å². The lowest BCUT2D eigenvalue weighted by molar-refractivity contribution is -0.147. The SMILES string of the molecule is C.CC(C)(C)OC(=O)N1CSC[C@H]1C(=O)N[C@@H](CSCC1CCCCC1)C(=O)NCCNCc1ccccc1.O=C(O)CC(=O)O. The summed E-state index contributed by atoms with van der Waals surface area (Å²) in [5, 5.41) is 24.7. The number of carboxylic acid groups (broad SMARTS) is 2. The lowest BCUT2D eigenvalue weighted by Gasteiger charge is -2.28. The smallest absolute Gasteiger partial charge is 0.411 e. The second-order valence-corrected chi connectivity index (χ2v) is 14.1. The zero-order valence-electron chi connectivity index (χ0n) is 26.4. The van der Waals surface area contributed by atoms with E-state index in [0.717, 1.165) is 12.3 Å². The fourth-order valence-corrected chi connectivity index (χ4v) is 7.09. The highest BCUT2D eigenvalue weighted by molar-refractivity contribution is 7.99. The number of rotatable bonds is 14. The molecule has 46 heavy (non-hydrogen) atoms. The maximum absolute atomic E-state index is 13.3. The van der Waals surface area contributed by atoms with Gasteiger partial charge in [-0.1, -0.05) is 57.0 Å². The van der Waals surface area contributed by atoms with Crippen LogP contribution < -0.4 is 16.0 Å². The first-order valence-electron chi connectivity index (χ1n) is 15.3. The number of ether oxygens (including phenoxy) is 1. The molecule has 1 saturated carbocycles. The molecule has 260 valence electrons. The van der Waals surface area contributed by atoms with Gasteiger partial charge in [-0.25, -0.2) is 4.79 Å². The molecule has 2 atom stereocenters. The van der Waals surface area contributed by atoms with Gasteiger partial charge < -0.3 is 30.9 Å². The molecule has 0 unspecified atom stereocenters. The van der Waals surface area contributed by atoms with E-state index in [4.69, 9.17) is 14.9 Å². The van der Waals surface area contributed by atoms with Gasteiger partial charge in [0.2, 0.25) is 11.8 Å². The van der Waals surface area contributed by atoms with E-state index in [1.807, 2.05) is 39.0 Å². The van der Waals surface area contributed by atoms with Crippen molar-refractivity contribution in [3.8, 4) is 0 Å². The van der Waals surface area contributed by atoms with Gasteiger partial charge in [-0.15, -0.1) is 11.8 Å². The third-order valence-corrected chi connectivity index (χ3v) is 9.17. The average Bonchev–Trinajstić information content (AvgIpc) is 3.47. The Balaban J connectivity index is 0.00000119. The molecule has 1 heterocycles. The summed E-state index contributed by atoms with van der Waals surface area (Å²) in [6.07, 6.45) is 5.05. The van der Waals surface area contributed by atoms with Gasteiger partial charge in [-0.05, 0) is 50.8 Å². The number of thioether (sulfide) groups is 2. The topological polar surface area (TPSA) is 174 Å². The van der Waals surface area contributed by atoms with Crippen LogP contribution in [0.1, 0.15) is 72.3 Å². The van der Waals surface area contributed by atoms with Crippen LogP contribution in [0.2, 0.25) is 0 Å². The first-order chi connectivity index (χ1) is 21.4. The van der Waals surface area contributed by atoms with Gasteiger partial charge in [0, 0.05) is 31.1 Å². The minimum Gasteiger partial charge on any atom is -0.481 e. The zero-order valence-corrected chi connectivity index (χ0v) is 28.1. The number of hydrogen-bond acceptors (Lipinski definition) is 9. The lowest BCUT2D eigenvalue weighted by Crippen LogP contribution is -2.55. The molecule has 1 saturated heterocycles. The molecule has 0 aromatic heterocycles. The minimum atomic E-state index is -1.31. The van der Waals surface area contributed by atoms with Crippen LogP contribution in [-0.2, 0) is 30.5 Å². The molecule has 0 spiro atoms. The van der Waals surface area contributed by atoms with Crippen molar-refractivity contribution in [3.05, 3.63) is 35.9 Å². The Labute approximate surface area is 281 Å². The number of nitrogens with one attached hydrogen (secondary N) is 3. The number of carboxylic acids is 2. The Morgan fingerprint density at radius 1 is 1.02 bits per heavy atom. The molecule has 3 amide bonds. The predicted octanol–water partition coefficient (Wildman–Crippen LogP) is 4.18. The Morgan fingerprint density at radius 2 is 1.67 bits per heavy atom. The molecule has 1 aliphatic heterocycles. The maximum atomic E-state index is 13.3. The van der Waals surface area contributed by atoms with E-state index < -0.39 is 42.1 Å². The van der Waals surface area contributed by atoms with Gasteiger partial charge in [0.15, 0.2) is 0 Å². The first kappa shape index (κ1) is 41.1. The van der Waals surface area contributed by atoms with E-state index in [-0.39, 0.29) is 19.2 Å². The summed E-state index contributed by atoms with van der Waals surface area (Å²) in [5.41, 5.74) is 0.546. The molecule has 12 nitrogen and oxygen atoms in total. The highest BCUT2D eigenvalue weighted by atomic mass is 32.2. The summed E-state index contributed by atoms with van der Waals surface area (Å²) in [7, 11) is 0. The van der Waals surface area contributed by atoms with Crippen molar-refractivity contribution in [1.82, 2.24) is 20.9 Å². The predicted molar refractivity (Wildman–Crippen MR) is 183 cm³/mol. The largest absolute Gasteiger partial charge is 0.481 e. The molecular formula is C32H52N4O8S2. The Kier molecular flexibility index (Phi) is 19.4. The normalized spacial score (nSPS) is 17.0. The number of nitrogens with zero attached hydrogens (tertiary/aromatic N) is 1. The number of carbonyl (C=O) groups excluding carboxylic acids is 3. The van der Waals surface area contributed by atoms with Crippen molar-refractivity contribution in [2.75, 3.05) is 36.2 Å². The van der Waals surface area contributed by atoms with Gasteiger partial charge in [-0.3, -0.25) is 24.1 Å². The monoisotopic (exact) mass is 684 g/mol. The quantitative estimate of drug-likeness (QED) is 0.140. The van der Waals surface area contributed by atoms with Crippen molar-refractivity contribution in [1.29, 1.82) is 0 Å². The molecule has 2 fully saturated rings. The highest BCUT2D eigenvalue weighted by Gasteiger charge is 2.38. The van der Waals surface area contributed by atoms with E-state index in [2.05, 4.69) is 28.1 Å². The molecule has 2 aliphatic rings. The van der Waals surface area contributed by atoms with Crippen molar-refractivity contribution in [2.24, 2.45) is 5.92 Å². The average molecular weight is 685 g/mol. The van der Waals surface area contributed by atoms with Crippen molar-refractivity contribution in [3.63, 3.8) is 0 Å². The third kappa shape index (κ3) is 17.1. The Hall–Kier alpha value is -2.97. The van der Waals surface area contributed by atoms with Crippen LogP contribution in [0.15, 0.2) is 30.3 Å². The molecule has 1 aliphatic carbocycles. The van der Waals surface area contributed by atoms with Gasteiger partial charge >= 0.3 is 18.0 Å². The van der Waals surface area contributed by atoms with Gasteiger partial charge in [-0.2, -0.15) is 11.8 Å². The van der Waals surface area contributed by atoms with Crippen LogP contribution in [0.3, 0.4) is 0 Å². The molecule has 1 aromatic carbocycles. The van der Waals surface area contributed by atoms with Gasteiger partial charge in [0.25, 0.3) is 0 Å². The molecule has 0 bridgehead atoms. The van der Waals surface area contributed by atoms with Crippen LogP contribution in [0.5, 0.6) is 0 Å². The van der Waals surface area contributed by atoms with E-state index in [0.29, 0.717) is 36.4 Å². The summed E-state index contributed by atoms with van der Waals surface area (Å²) in [6.45, 7) is 7.25. The summed E-state index contributed by atoms with van der Waals surface area (Å²) >= 11 is 3.25. The standard InChI is InChI=1S/C28H44N4O4S2.C3H4O4.CH4/c1-28(2,3)36-27(35)32-20-38-19-24(32)26(34)31-23(18-37-17-22-12-8-5-9-13-22)25(33)30-15-14-29-16-21-10-6-4-7-11-21;4-2(5)1-3(6)7;/h4,6-7,10-11,22-24,29H,5,8-9,12-20H2,1-3H3,(H,30,33)(H,31,34);1H2,(H,4,5)(H,6,7);1H4/t23-,24-;;/m0../s1. The zero-order chi connectivity index (χ0) is 33.2. The van der Waals surface area contributed by atoms with E-state index >= 15 is 0 Å². The fraction of sp³-hybridized carbons (Fsp3) is 0.656. The summed E-state index contributed by atoms with van der Waals surface area (Å²) in [6, 6.07) is 8.80. The van der Waals surface area contributed by atoms with E-state index in [1.54, 1.807) is 11.8 Å². The minimum absolute atomic E-state index is 0. The second kappa shape index (κ2) is 21.8. The van der Waals surface area contributed by atoms with Gasteiger partial charge in [0.1, 0.15) is 24.1 Å². The van der Waals surface area contributed by atoms with E-state index in [1.165, 1.54) is 54.3 Å². The third-order valence-electron chi connectivity index (χ3n) is 6.88. The number of aliphatic carboxylic acids is 2. The Morgan fingerprint density at radius 3 is 2.26 bits per heavy atom. The summed E-state index contributed by atoms with van der Waals surface area (Å²) in [5.74, 6) is -0.0404. The Bertz CT molecular complexity index is 1090. The van der Waals surface area contributed by atoms with Crippen LogP contribution in [0.4, 0.5) is 4.79 Å². The van der Waals surface area contributed by atoms with Crippen LogP contribution >= 0.6 is 23.5 Å². The number of amides is 3. The lowest BCUT2D eigenvalue weighted by atomic mass is 9.91. The van der Waals surface area contributed by atoms with Crippen LogP contribution in [-0.4, -0.2) is 98.9 Å². The maximum Gasteiger partial charge on any atom is 0.411 e. The number of benzene rings is 1. The molecule has 14 heteroatoms. The number of carbonyl (C=O) groups is 5.